The first-order valence-corrected chi connectivity index (χ1v) is 35.2. The van der Waals surface area contributed by atoms with Crippen LogP contribution < -0.4 is 5.32 Å². The van der Waals surface area contributed by atoms with Crippen LogP contribution in [0.3, 0.4) is 0 Å². The molecule has 542 valence electrons. The molecule has 22 heteroatoms. The largest absolute Gasteiger partial charge is 0.454 e. The number of esters is 2. The van der Waals surface area contributed by atoms with Crippen molar-refractivity contribution in [3.05, 3.63) is 300 Å². The molecule has 0 bridgehead atoms. The highest BCUT2D eigenvalue weighted by atomic mass is 35.6. The number of benzene rings is 8. The van der Waals surface area contributed by atoms with Crippen LogP contribution in [0.5, 0.6) is 0 Å². The first kappa shape index (κ1) is 76.4. The van der Waals surface area contributed by atoms with Gasteiger partial charge in [-0.05, 0) is 51.1 Å². The maximum Gasteiger partial charge on any atom is 0.338 e. The van der Waals surface area contributed by atoms with Gasteiger partial charge in [0.25, 0.3) is 9.70 Å². The molecular formula is C81H84Cl3NO18. The third-order valence-electron chi connectivity index (χ3n) is 17.2. The number of nitrogens with one attached hydrogen (secondary N) is 1. The molecule has 1 amide bonds. The molecule has 0 spiro atoms. The number of carbonyl (C=O) groups is 3. The van der Waals surface area contributed by atoms with Crippen molar-refractivity contribution in [2.24, 2.45) is 0 Å². The lowest BCUT2D eigenvalue weighted by Gasteiger charge is -2.50. The van der Waals surface area contributed by atoms with Crippen molar-refractivity contribution in [3.8, 4) is 0 Å². The second kappa shape index (κ2) is 39.4. The van der Waals surface area contributed by atoms with Gasteiger partial charge < -0.3 is 76.4 Å². The van der Waals surface area contributed by atoms with Crippen LogP contribution in [0, 0.1) is 0 Å². The summed E-state index contributed by atoms with van der Waals surface area (Å²) in [5.41, 5.74) is 5.93. The highest BCUT2D eigenvalue weighted by Crippen LogP contribution is 2.39. The Balaban J connectivity index is 1.03. The second-order valence-corrected chi connectivity index (χ2v) is 27.1. The van der Waals surface area contributed by atoms with E-state index in [1.807, 2.05) is 212 Å². The van der Waals surface area contributed by atoms with E-state index in [0.717, 1.165) is 33.4 Å². The van der Waals surface area contributed by atoms with Crippen molar-refractivity contribution in [2.75, 3.05) is 26.4 Å². The standard InChI is InChI=1S/C81H84Cl3NO18/c1-3-44-91-78-75(102-76(87)63-42-26-11-27-43-63)73(96-51-62-40-24-10-25-41-62)70(103-77-67(85-80(88)81(82,83)84)71(94-49-60-36-20-8-21-37-60)68(92-47-58-32-16-6-17-33-58)64(99-77)52-89-45-56-28-12-4-13-29-56)66(101-78)54-97-79-74(98-55(2)86)72(95-50-61-38-22-9-23-39-61)69(93-48-59-34-18-7-19-35-59)65(100-79)53-90-46-57-30-14-5-15-31-57/h3-43,64-75,77-79H,1,44-54H2,2H3,(H,85,88)/t64-,65-,66-,67-,68+,69-,70-,71-,72+,73+,74+,75+,77+,78+,79+/m1/s1. The van der Waals surface area contributed by atoms with Gasteiger partial charge in [0, 0.05) is 6.92 Å². The van der Waals surface area contributed by atoms with Gasteiger partial charge in [-0.25, -0.2) is 4.79 Å². The summed E-state index contributed by atoms with van der Waals surface area (Å²) in [6.07, 6.45) is -16.5. The van der Waals surface area contributed by atoms with E-state index >= 15 is 0 Å². The fraction of sp³-hybridized carbons (Fsp3) is 0.346. The SMILES string of the molecule is C=CCO[C@H]1O[C@H](CO[C@H]2O[C@H](COCc3ccccc3)[C@@H](OCc3ccccc3)[C@H](OCc3ccccc3)[C@@H]2OC(C)=O)[C@@H](O[C@@H]2O[C@H](COCc3ccccc3)[C@H](OCc3ccccc3)[C@H](OCc3ccccc3)[C@H]2NC(=O)C(Cl)(Cl)Cl)[C@H](OCc2ccccc2)[C@@H]1OC(=O)c1ccccc1. The molecule has 0 radical (unpaired) electrons. The molecule has 1 N–H and O–H groups in total. The first-order chi connectivity index (χ1) is 50.3. The van der Waals surface area contributed by atoms with Crippen LogP contribution in [-0.4, -0.2) is 140 Å². The predicted octanol–water partition coefficient (Wildman–Crippen LogP) is 13.1. The maximum atomic E-state index is 14.7. The molecule has 19 nitrogen and oxygen atoms in total. The van der Waals surface area contributed by atoms with Crippen LogP contribution in [0.1, 0.15) is 56.2 Å². The lowest BCUT2D eigenvalue weighted by molar-refractivity contribution is -0.365. The zero-order chi connectivity index (χ0) is 71.6. The van der Waals surface area contributed by atoms with Gasteiger partial charge in [-0.1, -0.05) is 271 Å². The number of ether oxygens (including phenoxy) is 15. The number of carbonyl (C=O) groups excluding carboxylic acids is 3. The van der Waals surface area contributed by atoms with Gasteiger partial charge in [-0.15, -0.1) is 6.58 Å². The fourth-order valence-electron chi connectivity index (χ4n) is 12.3. The summed E-state index contributed by atoms with van der Waals surface area (Å²) in [5.74, 6) is -2.52. The first-order valence-electron chi connectivity index (χ1n) is 34.1. The van der Waals surface area contributed by atoms with Gasteiger partial charge in [0.05, 0.1) is 78.2 Å². The van der Waals surface area contributed by atoms with E-state index in [0.29, 0.717) is 5.56 Å². The van der Waals surface area contributed by atoms with Crippen molar-refractivity contribution in [1.29, 1.82) is 0 Å². The van der Waals surface area contributed by atoms with E-state index in [-0.39, 0.29) is 71.6 Å². The lowest BCUT2D eigenvalue weighted by Crippen LogP contribution is -2.69. The van der Waals surface area contributed by atoms with Crippen molar-refractivity contribution >= 4 is 52.6 Å². The number of amides is 1. The molecule has 3 aliphatic rings. The zero-order valence-electron chi connectivity index (χ0n) is 56.8. The third-order valence-corrected chi connectivity index (χ3v) is 17.8. The quantitative estimate of drug-likeness (QED) is 0.0223. The molecule has 0 aliphatic carbocycles. The Morgan fingerprint density at radius 3 is 1.12 bits per heavy atom. The molecule has 11 rings (SSSR count). The molecule has 3 heterocycles. The maximum absolute atomic E-state index is 14.7. The average molecular weight is 1470 g/mol. The van der Waals surface area contributed by atoms with Crippen molar-refractivity contribution in [1.82, 2.24) is 5.32 Å². The van der Waals surface area contributed by atoms with Crippen LogP contribution in [0.15, 0.2) is 255 Å². The summed E-state index contributed by atoms with van der Waals surface area (Å²) in [7, 11) is 0. The molecule has 3 saturated heterocycles. The third kappa shape index (κ3) is 22.6. The molecule has 8 aromatic rings. The summed E-state index contributed by atoms with van der Waals surface area (Å²) >= 11 is 19.5. The topological polar surface area (TPSA) is 202 Å². The van der Waals surface area contributed by atoms with Crippen LogP contribution in [0.2, 0.25) is 0 Å². The van der Waals surface area contributed by atoms with Gasteiger partial charge in [0.2, 0.25) is 0 Å². The Morgan fingerprint density at radius 2 is 0.718 bits per heavy atom. The number of rotatable bonds is 35. The molecule has 0 aromatic heterocycles. The van der Waals surface area contributed by atoms with Crippen molar-refractivity contribution in [2.45, 2.75) is 149 Å². The minimum absolute atomic E-state index is 0.0236. The molecule has 15 atom stereocenters. The summed E-state index contributed by atoms with van der Waals surface area (Å²) in [6, 6.07) is 73.5. The van der Waals surface area contributed by atoms with Gasteiger partial charge in [0.1, 0.15) is 61.0 Å². The van der Waals surface area contributed by atoms with E-state index in [1.54, 1.807) is 30.3 Å². The lowest BCUT2D eigenvalue weighted by atomic mass is 9.94. The molecule has 0 unspecified atom stereocenters. The van der Waals surface area contributed by atoms with Gasteiger partial charge in [0.15, 0.2) is 31.1 Å². The van der Waals surface area contributed by atoms with Crippen LogP contribution in [-0.2, 0) is 127 Å². The minimum Gasteiger partial charge on any atom is -0.454 e. The number of hydrogen-bond donors (Lipinski definition) is 1. The number of hydrogen-bond acceptors (Lipinski definition) is 18. The van der Waals surface area contributed by atoms with E-state index in [4.69, 9.17) is 106 Å². The van der Waals surface area contributed by atoms with Crippen molar-refractivity contribution < 1.29 is 85.4 Å². The molecule has 103 heavy (non-hydrogen) atoms. The summed E-state index contributed by atoms with van der Waals surface area (Å²) in [6.45, 7) is 4.86. The van der Waals surface area contributed by atoms with E-state index < -0.39 is 120 Å². The van der Waals surface area contributed by atoms with Gasteiger partial charge in [-0.3, -0.25) is 9.59 Å². The number of alkyl halides is 3. The van der Waals surface area contributed by atoms with E-state index in [9.17, 15) is 14.4 Å². The Bertz CT molecular complexity index is 3810. The summed E-state index contributed by atoms with van der Waals surface area (Å²) < 4.78 is 101. The van der Waals surface area contributed by atoms with E-state index in [2.05, 4.69) is 11.9 Å². The minimum atomic E-state index is -2.56. The summed E-state index contributed by atoms with van der Waals surface area (Å²) in [4.78, 5) is 43.0. The molecule has 0 saturated carbocycles. The number of halogens is 3. The highest BCUT2D eigenvalue weighted by Gasteiger charge is 2.57. The van der Waals surface area contributed by atoms with Crippen LogP contribution in [0.25, 0.3) is 0 Å². The predicted molar refractivity (Wildman–Crippen MR) is 384 cm³/mol. The Labute approximate surface area is 615 Å². The monoisotopic (exact) mass is 1460 g/mol. The summed E-state index contributed by atoms with van der Waals surface area (Å²) in [5, 5.41) is 2.93. The molecular weight excluding hydrogens is 1380 g/mol. The average Bonchev–Trinajstić information content (AvgIpc) is 0.765. The molecule has 3 fully saturated rings. The fourth-order valence-corrected chi connectivity index (χ4v) is 12.4. The van der Waals surface area contributed by atoms with Crippen LogP contribution in [0.4, 0.5) is 0 Å². The Morgan fingerprint density at radius 1 is 0.388 bits per heavy atom. The van der Waals surface area contributed by atoms with Gasteiger partial charge in [-0.2, -0.15) is 0 Å². The van der Waals surface area contributed by atoms with Gasteiger partial charge >= 0.3 is 11.9 Å². The Kier molecular flexibility index (Phi) is 29.2. The smallest absolute Gasteiger partial charge is 0.338 e. The van der Waals surface area contributed by atoms with Crippen molar-refractivity contribution in [3.63, 3.8) is 0 Å². The molecule has 3 aliphatic heterocycles. The highest BCUT2D eigenvalue weighted by molar-refractivity contribution is 6.76. The zero-order valence-corrected chi connectivity index (χ0v) is 59.1. The second-order valence-electron chi connectivity index (χ2n) is 24.8. The molecule has 8 aromatic carbocycles. The Hall–Kier alpha value is -7.74. The normalized spacial score (nSPS) is 24.9. The van der Waals surface area contributed by atoms with Crippen LogP contribution >= 0.6 is 34.8 Å². The van der Waals surface area contributed by atoms with E-state index in [1.165, 1.54) is 13.0 Å².